The molecule has 0 unspecified atom stereocenters. The number of halogens is 3. The van der Waals surface area contributed by atoms with Gasteiger partial charge < -0.3 is 5.32 Å². The Kier molecular flexibility index (Phi) is 6.48. The van der Waals surface area contributed by atoms with Crippen LogP contribution in [-0.2, 0) is 4.79 Å². The predicted octanol–water partition coefficient (Wildman–Crippen LogP) is 4.78. The van der Waals surface area contributed by atoms with Gasteiger partial charge in [0.2, 0.25) is 5.91 Å². The number of hydrogen-bond acceptors (Lipinski definition) is 4. The van der Waals surface area contributed by atoms with Gasteiger partial charge in [0.25, 0.3) is 5.76 Å². The maximum Gasteiger partial charge on any atom is 0.288 e. The zero-order valence-corrected chi connectivity index (χ0v) is 13.5. The number of rotatable bonds is 6. The minimum absolute atomic E-state index is 0.197. The molecule has 1 N–H and O–H groups in total. The zero-order chi connectivity index (χ0) is 15.9. The van der Waals surface area contributed by atoms with Crippen LogP contribution < -0.4 is 5.32 Å². The molecule has 0 aliphatic heterocycles. The van der Waals surface area contributed by atoms with Crippen LogP contribution in [0, 0.1) is 0 Å². The summed E-state index contributed by atoms with van der Waals surface area (Å²) < 4.78 is 24.4. The van der Waals surface area contributed by atoms with Gasteiger partial charge in [-0.1, -0.05) is 35.1 Å². The monoisotopic (exact) mass is 360 g/mol. The number of carbonyl (C=O) groups is 1. The lowest BCUT2D eigenvalue weighted by molar-refractivity contribution is -0.113. The Morgan fingerprint density at radius 2 is 1.95 bits per heavy atom. The molecule has 8 heteroatoms. The van der Waals surface area contributed by atoms with E-state index in [2.05, 4.69) is 10.3 Å². The third-order valence-corrected chi connectivity index (χ3v) is 4.30. The highest BCUT2D eigenvalue weighted by molar-refractivity contribution is 8.00. The third kappa shape index (κ3) is 5.82. The number of alkyl halides is 2. The number of hydrogen-bond donors (Lipinski definition) is 1. The summed E-state index contributed by atoms with van der Waals surface area (Å²) in [5.74, 6) is -2.46. The molecule has 0 aliphatic carbocycles. The van der Waals surface area contributed by atoms with Gasteiger partial charge in [0.05, 0.1) is 15.8 Å². The first-order valence-corrected chi connectivity index (χ1v) is 8.36. The molecule has 0 fully saturated rings. The number of amides is 1. The standard InChI is InChI=1S/C14H11ClF2N2OS2/c15-9-1-6-13(18-7-9)21-8-12(20)19-10-2-4-11(5-3-10)22-14(16)17/h1-7,14H,8H2,(H,19,20). The number of carbonyl (C=O) groups excluding carboxylic acids is 1. The van der Waals surface area contributed by atoms with E-state index < -0.39 is 5.76 Å². The second-order valence-corrected chi connectivity index (χ2v) is 6.55. The van der Waals surface area contributed by atoms with Gasteiger partial charge in [0, 0.05) is 16.8 Å². The third-order valence-electron chi connectivity index (χ3n) is 2.41. The van der Waals surface area contributed by atoms with Crippen LogP contribution in [-0.4, -0.2) is 22.4 Å². The molecule has 2 rings (SSSR count). The number of thioether (sulfide) groups is 2. The molecule has 0 radical (unpaired) electrons. The Balaban J connectivity index is 1.82. The van der Waals surface area contributed by atoms with E-state index in [1.54, 1.807) is 36.4 Å². The second-order valence-electron chi connectivity index (χ2n) is 4.05. The Labute approximate surface area is 139 Å². The van der Waals surface area contributed by atoms with E-state index in [1.165, 1.54) is 18.0 Å². The molecular formula is C14H11ClF2N2OS2. The van der Waals surface area contributed by atoms with Gasteiger partial charge in [-0.2, -0.15) is 8.78 Å². The lowest BCUT2D eigenvalue weighted by Crippen LogP contribution is -2.13. The number of aromatic nitrogens is 1. The number of pyridine rings is 1. The quantitative estimate of drug-likeness (QED) is 0.753. The van der Waals surface area contributed by atoms with Crippen LogP contribution in [0.3, 0.4) is 0 Å². The number of benzene rings is 1. The van der Waals surface area contributed by atoms with Crippen molar-refractivity contribution >= 4 is 46.7 Å². The van der Waals surface area contributed by atoms with Gasteiger partial charge in [-0.25, -0.2) is 4.98 Å². The molecule has 0 spiro atoms. The average Bonchev–Trinajstić information content (AvgIpc) is 2.48. The molecule has 0 saturated carbocycles. The first kappa shape index (κ1) is 17.1. The molecule has 0 saturated heterocycles. The fourth-order valence-electron chi connectivity index (χ4n) is 1.50. The average molecular weight is 361 g/mol. The maximum atomic E-state index is 12.2. The highest BCUT2D eigenvalue weighted by Crippen LogP contribution is 2.26. The van der Waals surface area contributed by atoms with E-state index >= 15 is 0 Å². The fraction of sp³-hybridized carbons (Fsp3) is 0.143. The molecule has 1 amide bonds. The van der Waals surface area contributed by atoms with Crippen LogP contribution in [0.2, 0.25) is 5.02 Å². The van der Waals surface area contributed by atoms with Crippen LogP contribution in [0.4, 0.5) is 14.5 Å². The van der Waals surface area contributed by atoms with Crippen LogP contribution >= 0.6 is 35.1 Å². The van der Waals surface area contributed by atoms with Gasteiger partial charge in [-0.05, 0) is 36.4 Å². The predicted molar refractivity (Wildman–Crippen MR) is 86.9 cm³/mol. The van der Waals surface area contributed by atoms with Gasteiger partial charge in [0.1, 0.15) is 0 Å². The Morgan fingerprint density at radius 1 is 1.23 bits per heavy atom. The normalized spacial score (nSPS) is 10.7. The van der Waals surface area contributed by atoms with Crippen molar-refractivity contribution < 1.29 is 13.6 Å². The smallest absolute Gasteiger partial charge is 0.288 e. The molecule has 2 aromatic rings. The molecule has 0 atom stereocenters. The minimum atomic E-state index is -2.45. The van der Waals surface area contributed by atoms with Crippen LogP contribution in [0.15, 0.2) is 52.5 Å². The van der Waals surface area contributed by atoms with E-state index in [0.717, 1.165) is 0 Å². The van der Waals surface area contributed by atoms with Crippen molar-refractivity contribution in [2.24, 2.45) is 0 Å². The van der Waals surface area contributed by atoms with Crippen molar-refractivity contribution in [1.82, 2.24) is 4.98 Å². The summed E-state index contributed by atoms with van der Waals surface area (Å²) in [6, 6.07) is 9.70. The van der Waals surface area contributed by atoms with Crippen molar-refractivity contribution in [2.75, 3.05) is 11.1 Å². The van der Waals surface area contributed by atoms with Crippen molar-refractivity contribution in [3.63, 3.8) is 0 Å². The summed E-state index contributed by atoms with van der Waals surface area (Å²) in [7, 11) is 0. The maximum absolute atomic E-state index is 12.2. The van der Waals surface area contributed by atoms with Crippen LogP contribution in [0.5, 0.6) is 0 Å². The lowest BCUT2D eigenvalue weighted by atomic mass is 10.3. The fourth-order valence-corrected chi connectivity index (χ4v) is 2.76. The largest absolute Gasteiger partial charge is 0.325 e. The first-order chi connectivity index (χ1) is 10.5. The molecule has 1 aromatic heterocycles. The molecule has 3 nitrogen and oxygen atoms in total. The number of nitrogens with zero attached hydrogens (tertiary/aromatic N) is 1. The number of nitrogens with one attached hydrogen (secondary N) is 1. The van der Waals surface area contributed by atoms with Gasteiger partial charge >= 0.3 is 0 Å². The molecule has 0 aliphatic rings. The van der Waals surface area contributed by atoms with E-state index in [4.69, 9.17) is 11.6 Å². The lowest BCUT2D eigenvalue weighted by Gasteiger charge is -2.06. The topological polar surface area (TPSA) is 42.0 Å². The van der Waals surface area contributed by atoms with Crippen LogP contribution in [0.25, 0.3) is 0 Å². The summed E-state index contributed by atoms with van der Waals surface area (Å²) in [5.41, 5.74) is 0.563. The SMILES string of the molecule is O=C(CSc1ccc(Cl)cn1)Nc1ccc(SC(F)F)cc1. The molecule has 0 bridgehead atoms. The zero-order valence-electron chi connectivity index (χ0n) is 11.1. The van der Waals surface area contributed by atoms with E-state index in [9.17, 15) is 13.6 Å². The van der Waals surface area contributed by atoms with E-state index in [-0.39, 0.29) is 11.7 Å². The van der Waals surface area contributed by atoms with Gasteiger partial charge in [-0.15, -0.1) is 0 Å². The van der Waals surface area contributed by atoms with Gasteiger partial charge in [-0.3, -0.25) is 4.79 Å². The highest BCUT2D eigenvalue weighted by Gasteiger charge is 2.07. The van der Waals surface area contributed by atoms with Crippen LogP contribution in [0.1, 0.15) is 0 Å². The summed E-state index contributed by atoms with van der Waals surface area (Å²) in [5, 5.41) is 3.93. The molecule has 1 aromatic carbocycles. The van der Waals surface area contributed by atoms with Crippen molar-refractivity contribution in [3.8, 4) is 0 Å². The second kappa shape index (κ2) is 8.36. The summed E-state index contributed by atoms with van der Waals surface area (Å²) in [6.45, 7) is 0. The molecule has 1 heterocycles. The summed E-state index contributed by atoms with van der Waals surface area (Å²) in [4.78, 5) is 16.3. The van der Waals surface area contributed by atoms with E-state index in [1.807, 2.05) is 0 Å². The summed E-state index contributed by atoms with van der Waals surface area (Å²) >= 11 is 7.47. The number of anilines is 1. The Hall–Kier alpha value is -1.31. The molecule has 116 valence electrons. The highest BCUT2D eigenvalue weighted by atomic mass is 35.5. The summed E-state index contributed by atoms with van der Waals surface area (Å²) in [6.07, 6.45) is 1.52. The van der Waals surface area contributed by atoms with E-state index in [0.29, 0.717) is 32.4 Å². The Bertz CT molecular complexity index is 624. The van der Waals surface area contributed by atoms with Crippen molar-refractivity contribution in [1.29, 1.82) is 0 Å². The van der Waals surface area contributed by atoms with Gasteiger partial charge in [0.15, 0.2) is 0 Å². The first-order valence-electron chi connectivity index (χ1n) is 6.12. The van der Waals surface area contributed by atoms with Crippen molar-refractivity contribution in [3.05, 3.63) is 47.6 Å². The Morgan fingerprint density at radius 3 is 2.55 bits per heavy atom. The molecule has 22 heavy (non-hydrogen) atoms. The molecular weight excluding hydrogens is 350 g/mol. The minimum Gasteiger partial charge on any atom is -0.325 e. The van der Waals surface area contributed by atoms with Crippen molar-refractivity contribution in [2.45, 2.75) is 15.7 Å².